The summed E-state index contributed by atoms with van der Waals surface area (Å²) < 4.78 is 38.4. The molecule has 33 heavy (non-hydrogen) atoms. The van der Waals surface area contributed by atoms with Gasteiger partial charge in [-0.15, -0.1) is 11.8 Å². The second-order valence-electron chi connectivity index (χ2n) is 7.66. The van der Waals surface area contributed by atoms with Crippen molar-refractivity contribution in [3.63, 3.8) is 0 Å². The predicted octanol–water partition coefficient (Wildman–Crippen LogP) is 3.68. The van der Waals surface area contributed by atoms with Gasteiger partial charge in [0.2, 0.25) is 10.0 Å². The molecule has 2 N–H and O–H groups in total. The lowest BCUT2D eigenvalue weighted by atomic mass is 10.2. The van der Waals surface area contributed by atoms with Gasteiger partial charge in [0.25, 0.3) is 5.91 Å². The maximum Gasteiger partial charge on any atom is 0.258 e. The molecule has 3 aromatic rings. The van der Waals surface area contributed by atoms with Crippen molar-refractivity contribution in [2.24, 2.45) is 0 Å². The number of methoxy groups -OCH3 is 1. The monoisotopic (exact) mass is 488 g/mol. The summed E-state index contributed by atoms with van der Waals surface area (Å²) in [6, 6.07) is 7.69. The average molecular weight is 489 g/mol. The zero-order chi connectivity index (χ0) is 23.6. The fourth-order valence-electron chi connectivity index (χ4n) is 3.16. The smallest absolute Gasteiger partial charge is 0.258 e. The number of hydrogen-bond acceptors (Lipinski definition) is 8. The summed E-state index contributed by atoms with van der Waals surface area (Å²) in [5.74, 6) is 1.20. The summed E-state index contributed by atoms with van der Waals surface area (Å²) >= 11 is 1.39. The summed E-state index contributed by atoms with van der Waals surface area (Å²) in [4.78, 5) is 17.5. The van der Waals surface area contributed by atoms with Crippen LogP contribution in [-0.2, 0) is 15.8 Å². The van der Waals surface area contributed by atoms with Crippen molar-refractivity contribution in [3.8, 4) is 5.75 Å². The highest BCUT2D eigenvalue weighted by Crippen LogP contribution is 2.31. The molecule has 9 nitrogen and oxygen atoms in total. The second kappa shape index (κ2) is 9.54. The highest BCUT2D eigenvalue weighted by Gasteiger charge is 2.28. The Balaban J connectivity index is 1.56. The van der Waals surface area contributed by atoms with Crippen molar-refractivity contribution in [2.45, 2.75) is 48.4 Å². The summed E-state index contributed by atoms with van der Waals surface area (Å²) in [5, 5.41) is 7.26. The largest absolute Gasteiger partial charge is 0.495 e. The number of sulfonamides is 1. The lowest BCUT2D eigenvalue weighted by Gasteiger charge is -2.14. The maximum atomic E-state index is 13.1. The van der Waals surface area contributed by atoms with Gasteiger partial charge in [-0.05, 0) is 57.0 Å². The molecule has 11 heteroatoms. The van der Waals surface area contributed by atoms with Crippen LogP contribution in [0.1, 0.15) is 40.2 Å². The third kappa shape index (κ3) is 5.37. The Bertz CT molecular complexity index is 1270. The minimum absolute atomic E-state index is 0.0252. The van der Waals surface area contributed by atoms with Crippen LogP contribution in [0.2, 0.25) is 0 Å². The molecule has 1 aliphatic carbocycles. The van der Waals surface area contributed by atoms with Gasteiger partial charge in [-0.25, -0.2) is 18.1 Å². The van der Waals surface area contributed by atoms with Crippen LogP contribution in [0.3, 0.4) is 0 Å². The number of aryl methyl sites for hydroxylation is 2. The van der Waals surface area contributed by atoms with Crippen molar-refractivity contribution in [1.29, 1.82) is 0 Å². The number of benzene rings is 1. The Morgan fingerprint density at radius 3 is 2.73 bits per heavy atom. The number of pyridine rings is 1. The molecule has 0 atom stereocenters. The molecule has 1 aromatic carbocycles. The normalized spacial score (nSPS) is 13.7. The van der Waals surface area contributed by atoms with Crippen molar-refractivity contribution in [1.82, 2.24) is 14.9 Å². The minimum Gasteiger partial charge on any atom is -0.495 e. The Morgan fingerprint density at radius 2 is 2.06 bits per heavy atom. The molecular weight excluding hydrogens is 464 g/mol. The number of hydrogen-bond donors (Lipinski definition) is 2. The Labute approximate surface area is 196 Å². The van der Waals surface area contributed by atoms with Gasteiger partial charge >= 0.3 is 0 Å². The number of carbonyl (C=O) groups excluding carboxylic acids is 1. The first-order valence-corrected chi connectivity index (χ1v) is 12.8. The van der Waals surface area contributed by atoms with Crippen LogP contribution in [0, 0.1) is 13.8 Å². The zero-order valence-electron chi connectivity index (χ0n) is 18.4. The number of anilines is 1. The lowest BCUT2D eigenvalue weighted by Crippen LogP contribution is -2.26. The van der Waals surface area contributed by atoms with Crippen LogP contribution < -0.4 is 14.8 Å². The lowest BCUT2D eigenvalue weighted by molar-refractivity contribution is 0.102. The van der Waals surface area contributed by atoms with Gasteiger partial charge in [0.1, 0.15) is 16.5 Å². The van der Waals surface area contributed by atoms with E-state index in [0.29, 0.717) is 22.1 Å². The molecule has 0 spiro atoms. The standard InChI is InChI=1S/C22H24N4O5S2/c1-13-18(14(2)31-25-13)12-32-22-17(5-4-10-23-22)21(27)24-19-11-16(8-9-20(19)30-3)33(28,29)26-15-6-7-15/h4-5,8-11,15,26H,6-7,12H2,1-3H3,(H,24,27). The van der Waals surface area contributed by atoms with Crippen LogP contribution in [0.4, 0.5) is 5.69 Å². The molecule has 4 rings (SSSR count). The van der Waals surface area contributed by atoms with Crippen LogP contribution in [-0.4, -0.2) is 37.6 Å². The fourth-order valence-corrected chi connectivity index (χ4v) is 5.63. The number of nitrogens with zero attached hydrogens (tertiary/aromatic N) is 2. The van der Waals surface area contributed by atoms with E-state index in [9.17, 15) is 13.2 Å². The summed E-state index contributed by atoms with van der Waals surface area (Å²) in [7, 11) is -2.23. The molecule has 2 heterocycles. The Morgan fingerprint density at radius 1 is 1.27 bits per heavy atom. The minimum atomic E-state index is -3.68. The highest BCUT2D eigenvalue weighted by atomic mass is 32.2. The average Bonchev–Trinajstić information content (AvgIpc) is 3.55. The molecule has 1 aliphatic rings. The highest BCUT2D eigenvalue weighted by molar-refractivity contribution is 7.98. The number of amides is 1. The third-order valence-electron chi connectivity index (χ3n) is 5.18. The van der Waals surface area contributed by atoms with E-state index in [1.54, 1.807) is 18.3 Å². The van der Waals surface area contributed by atoms with Crippen molar-refractivity contribution >= 4 is 33.4 Å². The van der Waals surface area contributed by atoms with E-state index in [1.807, 2.05) is 13.8 Å². The molecule has 1 fully saturated rings. The van der Waals surface area contributed by atoms with E-state index >= 15 is 0 Å². The van der Waals surface area contributed by atoms with Gasteiger partial charge in [0.15, 0.2) is 0 Å². The van der Waals surface area contributed by atoms with Gasteiger partial charge in [-0.3, -0.25) is 4.79 Å². The first kappa shape index (κ1) is 23.3. The van der Waals surface area contributed by atoms with E-state index in [2.05, 4.69) is 20.2 Å². The first-order valence-electron chi connectivity index (χ1n) is 10.3. The van der Waals surface area contributed by atoms with Crippen molar-refractivity contribution in [3.05, 3.63) is 59.1 Å². The fraction of sp³-hybridized carbons (Fsp3) is 0.318. The van der Waals surface area contributed by atoms with Crippen LogP contribution in [0.25, 0.3) is 0 Å². The van der Waals surface area contributed by atoms with E-state index in [0.717, 1.165) is 29.9 Å². The Hall–Kier alpha value is -2.89. The first-order chi connectivity index (χ1) is 15.8. The maximum absolute atomic E-state index is 13.1. The van der Waals surface area contributed by atoms with E-state index in [-0.39, 0.29) is 16.6 Å². The number of aromatic nitrogens is 2. The molecule has 0 radical (unpaired) electrons. The molecule has 2 aromatic heterocycles. The molecule has 0 aliphatic heterocycles. The van der Waals surface area contributed by atoms with Gasteiger partial charge < -0.3 is 14.6 Å². The van der Waals surface area contributed by atoms with E-state index in [1.165, 1.54) is 37.1 Å². The van der Waals surface area contributed by atoms with Gasteiger partial charge in [0.05, 0.1) is 29.0 Å². The molecule has 0 unspecified atom stereocenters. The van der Waals surface area contributed by atoms with Gasteiger partial charge in [-0.1, -0.05) is 5.16 Å². The SMILES string of the molecule is COc1ccc(S(=O)(=O)NC2CC2)cc1NC(=O)c1cccnc1SCc1c(C)noc1C. The number of nitrogens with one attached hydrogen (secondary N) is 2. The topological polar surface area (TPSA) is 123 Å². The van der Waals surface area contributed by atoms with Crippen LogP contribution in [0.15, 0.2) is 51.0 Å². The van der Waals surface area contributed by atoms with E-state index < -0.39 is 15.9 Å². The molecule has 1 saturated carbocycles. The summed E-state index contributed by atoms with van der Waals surface area (Å²) in [5.41, 5.74) is 2.37. The zero-order valence-corrected chi connectivity index (χ0v) is 20.0. The number of thioether (sulfide) groups is 1. The molecule has 0 bridgehead atoms. The van der Waals surface area contributed by atoms with Crippen molar-refractivity contribution in [2.75, 3.05) is 12.4 Å². The number of carbonyl (C=O) groups is 1. The third-order valence-corrected chi connectivity index (χ3v) is 7.73. The summed E-state index contributed by atoms with van der Waals surface area (Å²) in [6.45, 7) is 3.71. The quantitative estimate of drug-likeness (QED) is 0.437. The number of rotatable bonds is 9. The Kier molecular flexibility index (Phi) is 6.73. The molecular formula is C22H24N4O5S2. The molecule has 0 saturated heterocycles. The van der Waals surface area contributed by atoms with Gasteiger partial charge in [0, 0.05) is 23.6 Å². The van der Waals surface area contributed by atoms with Crippen LogP contribution in [0.5, 0.6) is 5.75 Å². The summed E-state index contributed by atoms with van der Waals surface area (Å²) in [6.07, 6.45) is 3.27. The molecule has 1 amide bonds. The van der Waals surface area contributed by atoms with E-state index in [4.69, 9.17) is 9.26 Å². The van der Waals surface area contributed by atoms with Gasteiger partial charge in [-0.2, -0.15) is 0 Å². The molecule has 174 valence electrons. The second-order valence-corrected chi connectivity index (χ2v) is 10.3. The van der Waals surface area contributed by atoms with Crippen molar-refractivity contribution < 1.29 is 22.5 Å². The predicted molar refractivity (Wildman–Crippen MR) is 124 cm³/mol. The number of ether oxygens (including phenoxy) is 1. The van der Waals surface area contributed by atoms with Crippen LogP contribution >= 0.6 is 11.8 Å².